The number of halogens is 2. The standard InChI is InChI=1S/C22H16ClFN2O2S/c1-2-25(14-7-4-3-5-8-14)20-19(18-9-6-12-29-18)21(27)26(22(20)28)15-10-11-17(24)16(23)13-15/h3-13H,2H2,1H3. The summed E-state index contributed by atoms with van der Waals surface area (Å²) in [6, 6.07) is 16.9. The zero-order valence-corrected chi connectivity index (χ0v) is 17.0. The highest BCUT2D eigenvalue weighted by molar-refractivity contribution is 7.11. The minimum Gasteiger partial charge on any atom is -0.337 e. The molecule has 146 valence electrons. The highest BCUT2D eigenvalue weighted by atomic mass is 35.5. The minimum atomic E-state index is -0.611. The number of anilines is 2. The average Bonchev–Trinajstić information content (AvgIpc) is 3.33. The highest BCUT2D eigenvalue weighted by Crippen LogP contribution is 2.38. The Morgan fingerprint density at radius 3 is 2.41 bits per heavy atom. The van der Waals surface area contributed by atoms with Gasteiger partial charge in [-0.1, -0.05) is 35.9 Å². The Bertz CT molecular complexity index is 1110. The van der Waals surface area contributed by atoms with Crippen molar-refractivity contribution in [2.75, 3.05) is 16.3 Å². The van der Waals surface area contributed by atoms with Crippen LogP contribution in [0.4, 0.5) is 15.8 Å². The summed E-state index contributed by atoms with van der Waals surface area (Å²) in [5, 5.41) is 1.71. The molecule has 3 aromatic rings. The molecular formula is C22H16ClFN2O2S. The summed E-state index contributed by atoms with van der Waals surface area (Å²) in [7, 11) is 0. The topological polar surface area (TPSA) is 40.6 Å². The van der Waals surface area contributed by atoms with Gasteiger partial charge in [-0.05, 0) is 48.7 Å². The molecule has 7 heteroatoms. The molecule has 0 fully saturated rings. The SMILES string of the molecule is CCN(C1=C(c2cccs2)C(=O)N(c2ccc(F)c(Cl)c2)C1=O)c1ccccc1. The van der Waals surface area contributed by atoms with Gasteiger partial charge >= 0.3 is 0 Å². The Kier molecular flexibility index (Phi) is 5.22. The molecule has 0 spiro atoms. The number of hydrogen-bond donors (Lipinski definition) is 0. The fourth-order valence-electron chi connectivity index (χ4n) is 3.35. The molecular weight excluding hydrogens is 411 g/mol. The summed E-state index contributed by atoms with van der Waals surface area (Å²) < 4.78 is 13.6. The molecule has 2 heterocycles. The van der Waals surface area contributed by atoms with E-state index in [1.165, 1.54) is 23.5 Å². The first-order valence-corrected chi connectivity index (χ1v) is 10.2. The number of para-hydroxylation sites is 1. The summed E-state index contributed by atoms with van der Waals surface area (Å²) in [4.78, 5) is 30.4. The van der Waals surface area contributed by atoms with Crippen LogP contribution in [0.25, 0.3) is 5.57 Å². The van der Waals surface area contributed by atoms with Crippen LogP contribution in [0.1, 0.15) is 11.8 Å². The molecule has 0 saturated carbocycles. The van der Waals surface area contributed by atoms with Crippen LogP contribution >= 0.6 is 22.9 Å². The molecule has 0 radical (unpaired) electrons. The molecule has 4 nitrogen and oxygen atoms in total. The predicted molar refractivity (Wildman–Crippen MR) is 115 cm³/mol. The molecule has 0 atom stereocenters. The zero-order chi connectivity index (χ0) is 20.5. The van der Waals surface area contributed by atoms with Crippen molar-refractivity contribution in [1.29, 1.82) is 0 Å². The van der Waals surface area contributed by atoms with Gasteiger partial charge in [0.2, 0.25) is 0 Å². The number of imide groups is 1. The van der Waals surface area contributed by atoms with E-state index < -0.39 is 17.6 Å². The summed E-state index contributed by atoms with van der Waals surface area (Å²) in [5.41, 5.74) is 1.67. The van der Waals surface area contributed by atoms with Gasteiger partial charge in [0.25, 0.3) is 11.8 Å². The summed E-state index contributed by atoms with van der Waals surface area (Å²) in [6.45, 7) is 2.41. The Morgan fingerprint density at radius 2 is 1.79 bits per heavy atom. The number of carbonyl (C=O) groups is 2. The molecule has 2 amide bonds. The molecule has 1 aliphatic rings. The first kappa shape index (κ1) is 19.4. The number of rotatable bonds is 5. The summed E-state index contributed by atoms with van der Waals surface area (Å²) in [5.74, 6) is -1.53. The Hall–Kier alpha value is -2.96. The molecule has 29 heavy (non-hydrogen) atoms. The Balaban J connectivity index is 1.88. The van der Waals surface area contributed by atoms with E-state index in [2.05, 4.69) is 0 Å². The summed E-state index contributed by atoms with van der Waals surface area (Å²) >= 11 is 7.28. The molecule has 4 rings (SSSR count). The lowest BCUT2D eigenvalue weighted by molar-refractivity contribution is -0.120. The monoisotopic (exact) mass is 426 g/mol. The van der Waals surface area contributed by atoms with Gasteiger partial charge in [0.1, 0.15) is 11.5 Å². The molecule has 0 aliphatic carbocycles. The van der Waals surface area contributed by atoms with Gasteiger partial charge in [-0.3, -0.25) is 9.59 Å². The average molecular weight is 427 g/mol. The lowest BCUT2D eigenvalue weighted by atomic mass is 10.1. The molecule has 2 aromatic carbocycles. The zero-order valence-electron chi connectivity index (χ0n) is 15.4. The van der Waals surface area contributed by atoms with E-state index >= 15 is 0 Å². The number of likely N-dealkylation sites (N-methyl/N-ethyl adjacent to an activating group) is 1. The van der Waals surface area contributed by atoms with Crippen LogP contribution in [0.2, 0.25) is 5.02 Å². The van der Waals surface area contributed by atoms with Gasteiger partial charge in [-0.2, -0.15) is 0 Å². The highest BCUT2D eigenvalue weighted by Gasteiger charge is 2.43. The largest absolute Gasteiger partial charge is 0.337 e. The van der Waals surface area contributed by atoms with Crippen LogP contribution in [0.15, 0.2) is 71.7 Å². The van der Waals surface area contributed by atoms with Crippen molar-refractivity contribution in [1.82, 2.24) is 0 Å². The van der Waals surface area contributed by atoms with Crippen LogP contribution in [-0.4, -0.2) is 18.4 Å². The van der Waals surface area contributed by atoms with Gasteiger partial charge in [0.15, 0.2) is 0 Å². The van der Waals surface area contributed by atoms with E-state index in [4.69, 9.17) is 11.6 Å². The van der Waals surface area contributed by atoms with Crippen LogP contribution < -0.4 is 9.80 Å². The predicted octanol–water partition coefficient (Wildman–Crippen LogP) is 5.35. The van der Waals surface area contributed by atoms with Crippen LogP contribution in [0.5, 0.6) is 0 Å². The molecule has 1 aliphatic heterocycles. The number of carbonyl (C=O) groups excluding carboxylic acids is 2. The van der Waals surface area contributed by atoms with E-state index in [1.54, 1.807) is 0 Å². The van der Waals surface area contributed by atoms with Crippen LogP contribution in [0.3, 0.4) is 0 Å². The number of hydrogen-bond acceptors (Lipinski definition) is 4. The van der Waals surface area contributed by atoms with Crippen LogP contribution in [0, 0.1) is 5.82 Å². The van der Waals surface area contributed by atoms with Gasteiger partial charge in [0, 0.05) is 17.1 Å². The second-order valence-electron chi connectivity index (χ2n) is 6.32. The Labute approximate surface area is 176 Å². The van der Waals surface area contributed by atoms with Crippen molar-refractivity contribution in [2.24, 2.45) is 0 Å². The normalized spacial score (nSPS) is 14.1. The maximum atomic E-state index is 13.6. The number of nitrogens with zero attached hydrogens (tertiary/aromatic N) is 2. The smallest absolute Gasteiger partial charge is 0.282 e. The second-order valence-corrected chi connectivity index (χ2v) is 7.68. The molecule has 0 saturated heterocycles. The van der Waals surface area contributed by atoms with Gasteiger partial charge in [-0.15, -0.1) is 11.3 Å². The lowest BCUT2D eigenvalue weighted by Gasteiger charge is -2.24. The molecule has 0 N–H and O–H groups in total. The van der Waals surface area contributed by atoms with Crippen molar-refractivity contribution in [3.05, 3.63) is 87.5 Å². The van der Waals surface area contributed by atoms with Gasteiger partial charge in [-0.25, -0.2) is 9.29 Å². The summed E-state index contributed by atoms with van der Waals surface area (Å²) in [6.07, 6.45) is 0. The van der Waals surface area contributed by atoms with Gasteiger partial charge in [0.05, 0.1) is 16.3 Å². The van der Waals surface area contributed by atoms with E-state index in [1.807, 2.05) is 59.7 Å². The molecule has 0 bridgehead atoms. The third-order valence-corrected chi connectivity index (χ3v) is 5.82. The third kappa shape index (κ3) is 3.34. The molecule has 1 aromatic heterocycles. The maximum Gasteiger partial charge on any atom is 0.282 e. The first-order valence-electron chi connectivity index (χ1n) is 8.97. The minimum absolute atomic E-state index is 0.148. The van der Waals surface area contributed by atoms with Gasteiger partial charge < -0.3 is 4.90 Å². The van der Waals surface area contributed by atoms with E-state index in [9.17, 15) is 14.0 Å². The fourth-order valence-corrected chi connectivity index (χ4v) is 4.29. The van der Waals surface area contributed by atoms with Crippen LogP contribution in [-0.2, 0) is 9.59 Å². The first-order chi connectivity index (χ1) is 14.0. The Morgan fingerprint density at radius 1 is 1.03 bits per heavy atom. The van der Waals surface area contributed by atoms with E-state index in [0.717, 1.165) is 16.7 Å². The maximum absolute atomic E-state index is 13.6. The van der Waals surface area contributed by atoms with E-state index in [-0.39, 0.29) is 10.7 Å². The number of benzene rings is 2. The third-order valence-electron chi connectivity index (χ3n) is 4.64. The second kappa shape index (κ2) is 7.81. The van der Waals surface area contributed by atoms with Crippen molar-refractivity contribution in [3.63, 3.8) is 0 Å². The molecule has 0 unspecified atom stereocenters. The van der Waals surface area contributed by atoms with Crippen molar-refractivity contribution < 1.29 is 14.0 Å². The number of amides is 2. The van der Waals surface area contributed by atoms with Crippen molar-refractivity contribution >= 4 is 51.7 Å². The number of thiophene rings is 1. The lowest BCUT2D eigenvalue weighted by Crippen LogP contribution is -2.35. The van der Waals surface area contributed by atoms with Crippen molar-refractivity contribution in [2.45, 2.75) is 6.92 Å². The van der Waals surface area contributed by atoms with E-state index in [0.29, 0.717) is 22.7 Å². The van der Waals surface area contributed by atoms with Crippen molar-refractivity contribution in [3.8, 4) is 0 Å². The quantitative estimate of drug-likeness (QED) is 0.516. The fraction of sp³-hybridized carbons (Fsp3) is 0.0909.